The zero-order valence-corrected chi connectivity index (χ0v) is 14.8. The number of methoxy groups -OCH3 is 1. The van der Waals surface area contributed by atoms with Gasteiger partial charge in [0.1, 0.15) is 18.0 Å². The normalized spacial score (nSPS) is 10.3. The molecule has 0 saturated heterocycles. The van der Waals surface area contributed by atoms with E-state index in [9.17, 15) is 23.7 Å². The van der Waals surface area contributed by atoms with Gasteiger partial charge in [0.2, 0.25) is 11.6 Å². The van der Waals surface area contributed by atoms with Gasteiger partial charge in [-0.1, -0.05) is 0 Å². The molecular weight excluding hydrogens is 388 g/mol. The van der Waals surface area contributed by atoms with Crippen molar-refractivity contribution < 1.29 is 23.2 Å². The third-order valence-electron chi connectivity index (χ3n) is 3.76. The van der Waals surface area contributed by atoms with E-state index in [0.29, 0.717) is 17.3 Å². The van der Waals surface area contributed by atoms with Crippen LogP contribution in [0.25, 0.3) is 0 Å². The van der Waals surface area contributed by atoms with Gasteiger partial charge < -0.3 is 15.4 Å². The average molecular weight is 401 g/mol. The van der Waals surface area contributed by atoms with Crippen molar-refractivity contribution in [2.75, 3.05) is 17.7 Å². The molecule has 2 N–H and O–H groups in total. The summed E-state index contributed by atoms with van der Waals surface area (Å²) in [5.41, 5.74) is -0.0439. The van der Waals surface area contributed by atoms with E-state index in [2.05, 4.69) is 25.3 Å². The highest BCUT2D eigenvalue weighted by Crippen LogP contribution is 2.33. The molecule has 0 saturated carbocycles. The Labute approximate surface area is 162 Å². The number of carbonyl (C=O) groups is 1. The van der Waals surface area contributed by atoms with Crippen LogP contribution in [0.1, 0.15) is 10.4 Å². The first kappa shape index (κ1) is 19.6. The third-order valence-corrected chi connectivity index (χ3v) is 3.76. The first-order valence-corrected chi connectivity index (χ1v) is 8.06. The van der Waals surface area contributed by atoms with Crippen LogP contribution >= 0.6 is 0 Å². The van der Waals surface area contributed by atoms with Gasteiger partial charge in [-0.05, 0) is 36.4 Å². The fourth-order valence-electron chi connectivity index (χ4n) is 2.40. The minimum absolute atomic E-state index is 0.166. The number of carbonyl (C=O) groups excluding carboxylic acids is 1. The van der Waals surface area contributed by atoms with Gasteiger partial charge in [0.25, 0.3) is 0 Å². The lowest BCUT2D eigenvalue weighted by atomic mass is 10.2. The van der Waals surface area contributed by atoms with E-state index in [-0.39, 0.29) is 17.3 Å². The van der Waals surface area contributed by atoms with Gasteiger partial charge in [-0.25, -0.2) is 23.5 Å². The van der Waals surface area contributed by atoms with Gasteiger partial charge >= 0.3 is 11.7 Å². The highest BCUT2D eigenvalue weighted by molar-refractivity contribution is 5.90. The van der Waals surface area contributed by atoms with E-state index >= 15 is 0 Å². The lowest BCUT2D eigenvalue weighted by Crippen LogP contribution is -2.06. The molecule has 0 atom stereocenters. The number of ether oxygens (including phenoxy) is 1. The van der Waals surface area contributed by atoms with E-state index in [4.69, 9.17) is 0 Å². The summed E-state index contributed by atoms with van der Waals surface area (Å²) in [5.74, 6) is -2.71. The zero-order valence-electron chi connectivity index (χ0n) is 14.8. The van der Waals surface area contributed by atoms with Crippen LogP contribution in [0.15, 0.2) is 48.8 Å². The molecule has 0 fully saturated rings. The maximum absolute atomic E-state index is 13.9. The van der Waals surface area contributed by atoms with Crippen LogP contribution in [0.4, 0.5) is 37.5 Å². The van der Waals surface area contributed by atoms with E-state index in [0.717, 1.165) is 18.5 Å². The predicted octanol–water partition coefficient (Wildman–Crippen LogP) is 3.94. The molecule has 3 aromatic rings. The number of halogens is 2. The molecule has 1 heterocycles. The number of rotatable bonds is 6. The summed E-state index contributed by atoms with van der Waals surface area (Å²) in [6.45, 7) is 0. The molecule has 2 aromatic carbocycles. The molecule has 0 aliphatic carbocycles. The molecule has 148 valence electrons. The second kappa shape index (κ2) is 8.25. The Bertz CT molecular complexity index is 1080. The summed E-state index contributed by atoms with van der Waals surface area (Å²) in [4.78, 5) is 30.0. The summed E-state index contributed by atoms with van der Waals surface area (Å²) < 4.78 is 31.5. The van der Waals surface area contributed by atoms with E-state index < -0.39 is 28.2 Å². The van der Waals surface area contributed by atoms with Crippen LogP contribution in [-0.4, -0.2) is 28.0 Å². The van der Waals surface area contributed by atoms with Gasteiger partial charge in [-0.2, -0.15) is 0 Å². The number of aromatic nitrogens is 2. The second-order valence-corrected chi connectivity index (χ2v) is 5.62. The Morgan fingerprint density at radius 1 is 1.07 bits per heavy atom. The van der Waals surface area contributed by atoms with Crippen molar-refractivity contribution in [1.29, 1.82) is 0 Å². The maximum atomic E-state index is 13.9. The van der Waals surface area contributed by atoms with Gasteiger partial charge in [0.05, 0.1) is 23.3 Å². The molecular formula is C18H13F2N5O4. The molecule has 0 amide bonds. The first-order valence-electron chi connectivity index (χ1n) is 8.06. The molecule has 0 aliphatic heterocycles. The number of nitrogens with one attached hydrogen (secondary N) is 2. The number of nitrogens with zero attached hydrogens (tertiary/aromatic N) is 3. The molecule has 9 nitrogen and oxygen atoms in total. The number of hydrogen-bond acceptors (Lipinski definition) is 8. The highest BCUT2D eigenvalue weighted by Gasteiger charge is 2.24. The largest absolute Gasteiger partial charge is 0.465 e. The lowest BCUT2D eigenvalue weighted by Gasteiger charge is -2.11. The van der Waals surface area contributed by atoms with Crippen LogP contribution in [0.2, 0.25) is 0 Å². The SMILES string of the molecule is COC(=O)c1ccc(Nc2ncnc(Nc3ccc(F)cc3F)c2[N+](=O)[O-])cc1. The Hall–Kier alpha value is -4.15. The number of esters is 1. The Morgan fingerprint density at radius 2 is 1.72 bits per heavy atom. The van der Waals surface area contributed by atoms with Gasteiger partial charge in [0.15, 0.2) is 0 Å². The first-order chi connectivity index (χ1) is 13.9. The Balaban J connectivity index is 1.92. The van der Waals surface area contributed by atoms with Crippen molar-refractivity contribution in [2.24, 2.45) is 0 Å². The Kier molecular flexibility index (Phi) is 5.58. The molecule has 0 spiro atoms. The van der Waals surface area contributed by atoms with E-state index in [1.807, 2.05) is 0 Å². The summed E-state index contributed by atoms with van der Waals surface area (Å²) in [6, 6.07) is 8.67. The van der Waals surface area contributed by atoms with Crippen LogP contribution in [0, 0.1) is 21.7 Å². The van der Waals surface area contributed by atoms with Crippen molar-refractivity contribution in [1.82, 2.24) is 9.97 Å². The standard InChI is InChI=1S/C18H13F2N5O4/c1-29-18(26)10-2-5-12(6-3-10)23-16-15(25(27)28)17(22-9-21-16)24-14-7-4-11(19)8-13(14)20/h2-9H,1H3,(H2,21,22,23,24). The summed E-state index contributed by atoms with van der Waals surface area (Å²) in [5, 5.41) is 16.8. The van der Waals surface area contributed by atoms with Crippen molar-refractivity contribution in [2.45, 2.75) is 0 Å². The fraction of sp³-hybridized carbons (Fsp3) is 0.0556. The molecule has 0 radical (unpaired) electrons. The zero-order chi connectivity index (χ0) is 21.0. The van der Waals surface area contributed by atoms with Crippen molar-refractivity contribution >= 4 is 34.7 Å². The second-order valence-electron chi connectivity index (χ2n) is 5.62. The van der Waals surface area contributed by atoms with Gasteiger partial charge in [-0.15, -0.1) is 0 Å². The summed E-state index contributed by atoms with van der Waals surface area (Å²) in [7, 11) is 1.25. The molecule has 3 rings (SSSR count). The summed E-state index contributed by atoms with van der Waals surface area (Å²) >= 11 is 0. The highest BCUT2D eigenvalue weighted by atomic mass is 19.1. The monoisotopic (exact) mass is 401 g/mol. The number of hydrogen-bond donors (Lipinski definition) is 2. The van der Waals surface area contributed by atoms with Crippen molar-refractivity contribution in [3.8, 4) is 0 Å². The molecule has 0 aliphatic rings. The van der Waals surface area contributed by atoms with Crippen LogP contribution in [0.3, 0.4) is 0 Å². The topological polar surface area (TPSA) is 119 Å². The van der Waals surface area contributed by atoms with Gasteiger partial charge in [-0.3, -0.25) is 10.1 Å². The third kappa shape index (κ3) is 4.40. The number of nitro groups is 1. The van der Waals surface area contributed by atoms with Crippen LogP contribution in [-0.2, 0) is 4.74 Å². The Morgan fingerprint density at radius 3 is 2.31 bits per heavy atom. The van der Waals surface area contributed by atoms with Gasteiger partial charge in [0, 0.05) is 11.8 Å². The van der Waals surface area contributed by atoms with Crippen molar-refractivity contribution in [3.05, 3.63) is 76.1 Å². The quantitative estimate of drug-likeness (QED) is 0.362. The molecule has 0 unspecified atom stereocenters. The maximum Gasteiger partial charge on any atom is 0.353 e. The minimum Gasteiger partial charge on any atom is -0.465 e. The molecule has 0 bridgehead atoms. The van der Waals surface area contributed by atoms with Crippen LogP contribution in [0.5, 0.6) is 0 Å². The number of benzene rings is 2. The average Bonchev–Trinajstić information content (AvgIpc) is 2.70. The molecule has 11 heteroatoms. The van der Waals surface area contributed by atoms with E-state index in [1.165, 1.54) is 31.4 Å². The molecule has 29 heavy (non-hydrogen) atoms. The fourth-order valence-corrected chi connectivity index (χ4v) is 2.40. The van der Waals surface area contributed by atoms with Crippen molar-refractivity contribution in [3.63, 3.8) is 0 Å². The predicted molar refractivity (Wildman–Crippen MR) is 99.4 cm³/mol. The van der Waals surface area contributed by atoms with E-state index in [1.54, 1.807) is 0 Å². The smallest absolute Gasteiger partial charge is 0.353 e. The lowest BCUT2D eigenvalue weighted by molar-refractivity contribution is -0.383. The van der Waals surface area contributed by atoms with Crippen LogP contribution < -0.4 is 10.6 Å². The number of anilines is 4. The summed E-state index contributed by atoms with van der Waals surface area (Å²) in [6.07, 6.45) is 1.04. The molecule has 1 aromatic heterocycles. The minimum atomic E-state index is -0.939.